The molecule has 0 aliphatic heterocycles. The maximum Gasteiger partial charge on any atom is 0.242 e. The van der Waals surface area contributed by atoms with Crippen molar-refractivity contribution in [1.82, 2.24) is 24.5 Å². The van der Waals surface area contributed by atoms with Gasteiger partial charge in [-0.15, -0.1) is 0 Å². The van der Waals surface area contributed by atoms with Crippen LogP contribution in [0.2, 0.25) is 0 Å². The minimum absolute atomic E-state index is 0.327. The number of rotatable bonds is 7. The van der Waals surface area contributed by atoms with E-state index in [2.05, 4.69) is 25.4 Å². The second kappa shape index (κ2) is 7.02. The number of anilines is 1. The van der Waals surface area contributed by atoms with Crippen molar-refractivity contribution >= 4 is 17.7 Å². The standard InChI is InChI=1S/C10H15N7OS/c1-18-5-2-6-19-10-14-8(16-11)13-9(15-10)17-4-3-12-7-17/h3-4,7H,2,5-6,11H2,1H3,(H,13,14,15,16). The van der Waals surface area contributed by atoms with Gasteiger partial charge in [-0.2, -0.15) is 15.0 Å². The van der Waals surface area contributed by atoms with E-state index in [4.69, 9.17) is 10.6 Å². The van der Waals surface area contributed by atoms with Crippen LogP contribution in [0.3, 0.4) is 0 Å². The normalized spacial score (nSPS) is 10.6. The van der Waals surface area contributed by atoms with Crippen LogP contribution >= 0.6 is 11.8 Å². The quantitative estimate of drug-likeness (QED) is 0.327. The van der Waals surface area contributed by atoms with Crippen LogP contribution in [-0.4, -0.2) is 44.0 Å². The van der Waals surface area contributed by atoms with Gasteiger partial charge in [-0.25, -0.2) is 10.8 Å². The Labute approximate surface area is 114 Å². The second-order valence-corrected chi connectivity index (χ2v) is 4.61. The van der Waals surface area contributed by atoms with Crippen molar-refractivity contribution in [1.29, 1.82) is 0 Å². The number of hydrazine groups is 1. The lowest BCUT2D eigenvalue weighted by Crippen LogP contribution is -2.13. The molecule has 0 aromatic carbocycles. The van der Waals surface area contributed by atoms with Crippen LogP contribution in [0, 0.1) is 0 Å². The number of nitrogens with zero attached hydrogens (tertiary/aromatic N) is 5. The van der Waals surface area contributed by atoms with Crippen molar-refractivity contribution in [3.63, 3.8) is 0 Å². The lowest BCUT2D eigenvalue weighted by molar-refractivity contribution is 0.200. The molecule has 0 unspecified atom stereocenters. The first-order chi connectivity index (χ1) is 9.33. The predicted octanol–water partition coefficient (Wildman–Crippen LogP) is 0.471. The maximum absolute atomic E-state index is 5.36. The molecule has 0 amide bonds. The molecule has 0 atom stereocenters. The van der Waals surface area contributed by atoms with E-state index in [1.807, 2.05) is 0 Å². The van der Waals surface area contributed by atoms with Gasteiger partial charge in [0, 0.05) is 31.9 Å². The lowest BCUT2D eigenvalue weighted by Gasteiger charge is -2.06. The zero-order chi connectivity index (χ0) is 13.5. The smallest absolute Gasteiger partial charge is 0.242 e. The van der Waals surface area contributed by atoms with E-state index >= 15 is 0 Å². The third kappa shape index (κ3) is 3.88. The van der Waals surface area contributed by atoms with Crippen LogP contribution in [0.4, 0.5) is 5.95 Å². The molecular weight excluding hydrogens is 266 g/mol. The molecule has 102 valence electrons. The zero-order valence-corrected chi connectivity index (χ0v) is 11.3. The molecule has 2 aromatic rings. The van der Waals surface area contributed by atoms with E-state index in [0.29, 0.717) is 23.7 Å². The summed E-state index contributed by atoms with van der Waals surface area (Å²) in [5.74, 6) is 7.03. The van der Waals surface area contributed by atoms with Crippen LogP contribution in [0.25, 0.3) is 5.95 Å². The van der Waals surface area contributed by atoms with Crippen molar-refractivity contribution in [3.05, 3.63) is 18.7 Å². The fourth-order valence-electron chi connectivity index (χ4n) is 1.33. The van der Waals surface area contributed by atoms with Gasteiger partial charge in [-0.3, -0.25) is 9.99 Å². The SMILES string of the molecule is COCCCSc1nc(NN)nc(-n2ccnc2)n1. The molecule has 0 spiro atoms. The van der Waals surface area contributed by atoms with Gasteiger partial charge < -0.3 is 4.74 Å². The molecule has 0 fully saturated rings. The summed E-state index contributed by atoms with van der Waals surface area (Å²) in [6, 6.07) is 0. The Kier molecular flexibility index (Phi) is 5.07. The van der Waals surface area contributed by atoms with E-state index in [0.717, 1.165) is 12.2 Å². The van der Waals surface area contributed by atoms with E-state index in [9.17, 15) is 0 Å². The molecule has 3 N–H and O–H groups in total. The van der Waals surface area contributed by atoms with Crippen LogP contribution in [-0.2, 0) is 4.74 Å². The fourth-order valence-corrected chi connectivity index (χ4v) is 2.08. The minimum Gasteiger partial charge on any atom is -0.385 e. The summed E-state index contributed by atoms with van der Waals surface area (Å²) in [6.07, 6.45) is 5.97. The molecular formula is C10H15N7OS. The summed E-state index contributed by atoms with van der Waals surface area (Å²) in [5.41, 5.74) is 2.44. The molecule has 8 nitrogen and oxygen atoms in total. The molecule has 0 bridgehead atoms. The van der Waals surface area contributed by atoms with Crippen molar-refractivity contribution in [2.24, 2.45) is 5.84 Å². The number of ether oxygens (including phenoxy) is 1. The molecule has 2 rings (SSSR count). The molecule has 0 saturated heterocycles. The summed E-state index contributed by atoms with van der Waals surface area (Å²) in [6.45, 7) is 0.717. The average Bonchev–Trinajstić information content (AvgIpc) is 2.97. The number of hydrogen-bond donors (Lipinski definition) is 2. The topological polar surface area (TPSA) is 104 Å². The fraction of sp³-hybridized carbons (Fsp3) is 0.400. The Balaban J connectivity index is 2.12. The van der Waals surface area contributed by atoms with Gasteiger partial charge >= 0.3 is 0 Å². The summed E-state index contributed by atoms with van der Waals surface area (Å²) in [4.78, 5) is 16.7. The van der Waals surface area contributed by atoms with Crippen molar-refractivity contribution in [2.45, 2.75) is 11.6 Å². The Morgan fingerprint density at radius 1 is 1.42 bits per heavy atom. The number of nitrogens with one attached hydrogen (secondary N) is 1. The monoisotopic (exact) mass is 281 g/mol. The minimum atomic E-state index is 0.327. The molecule has 19 heavy (non-hydrogen) atoms. The molecule has 0 radical (unpaired) electrons. The lowest BCUT2D eigenvalue weighted by atomic mass is 10.5. The Morgan fingerprint density at radius 2 is 2.32 bits per heavy atom. The first-order valence-electron chi connectivity index (χ1n) is 5.66. The van der Waals surface area contributed by atoms with E-state index in [1.165, 1.54) is 11.8 Å². The van der Waals surface area contributed by atoms with E-state index in [-0.39, 0.29) is 0 Å². The number of imidazole rings is 1. The van der Waals surface area contributed by atoms with Gasteiger partial charge in [0.25, 0.3) is 0 Å². The third-order valence-electron chi connectivity index (χ3n) is 2.19. The molecule has 9 heteroatoms. The van der Waals surface area contributed by atoms with E-state index < -0.39 is 0 Å². The van der Waals surface area contributed by atoms with Crippen molar-refractivity contribution < 1.29 is 4.74 Å². The highest BCUT2D eigenvalue weighted by atomic mass is 32.2. The highest BCUT2D eigenvalue weighted by Crippen LogP contribution is 2.16. The van der Waals surface area contributed by atoms with Gasteiger partial charge in [-0.05, 0) is 6.42 Å². The summed E-state index contributed by atoms with van der Waals surface area (Å²) in [5, 5.41) is 0.614. The predicted molar refractivity (Wildman–Crippen MR) is 72.0 cm³/mol. The Hall–Kier alpha value is -1.71. The highest BCUT2D eigenvalue weighted by molar-refractivity contribution is 7.99. The number of methoxy groups -OCH3 is 1. The second-order valence-electron chi connectivity index (χ2n) is 3.55. The Morgan fingerprint density at radius 3 is 3.00 bits per heavy atom. The highest BCUT2D eigenvalue weighted by Gasteiger charge is 2.07. The number of nitrogens with two attached hydrogens (primary N) is 1. The number of hydrogen-bond acceptors (Lipinski definition) is 8. The van der Waals surface area contributed by atoms with Gasteiger partial charge in [-0.1, -0.05) is 11.8 Å². The average molecular weight is 281 g/mol. The van der Waals surface area contributed by atoms with Crippen LogP contribution < -0.4 is 11.3 Å². The van der Waals surface area contributed by atoms with Gasteiger partial charge in [0.2, 0.25) is 11.9 Å². The Bertz CT molecular complexity index is 505. The molecule has 0 aliphatic carbocycles. The molecule has 2 heterocycles. The molecule has 0 saturated carbocycles. The van der Waals surface area contributed by atoms with E-state index in [1.54, 1.807) is 30.4 Å². The summed E-state index contributed by atoms with van der Waals surface area (Å²) < 4.78 is 6.69. The maximum atomic E-state index is 5.36. The number of aromatic nitrogens is 5. The largest absolute Gasteiger partial charge is 0.385 e. The van der Waals surface area contributed by atoms with Gasteiger partial charge in [0.05, 0.1) is 0 Å². The van der Waals surface area contributed by atoms with Gasteiger partial charge in [0.15, 0.2) is 5.16 Å². The summed E-state index contributed by atoms with van der Waals surface area (Å²) in [7, 11) is 1.68. The molecule has 0 aliphatic rings. The first kappa shape index (κ1) is 13.7. The van der Waals surface area contributed by atoms with Crippen LogP contribution in [0.15, 0.2) is 23.9 Å². The first-order valence-corrected chi connectivity index (χ1v) is 6.65. The van der Waals surface area contributed by atoms with Crippen molar-refractivity contribution in [3.8, 4) is 5.95 Å². The summed E-state index contributed by atoms with van der Waals surface area (Å²) >= 11 is 1.53. The third-order valence-corrected chi connectivity index (χ3v) is 3.13. The zero-order valence-electron chi connectivity index (χ0n) is 10.5. The molecule has 2 aromatic heterocycles. The van der Waals surface area contributed by atoms with Crippen molar-refractivity contribution in [2.75, 3.05) is 24.9 Å². The van der Waals surface area contributed by atoms with Gasteiger partial charge in [0.1, 0.15) is 6.33 Å². The number of nitrogen functional groups attached to an aromatic ring is 1. The van der Waals surface area contributed by atoms with Crippen LogP contribution in [0.5, 0.6) is 0 Å². The van der Waals surface area contributed by atoms with Crippen LogP contribution in [0.1, 0.15) is 6.42 Å². The number of thioether (sulfide) groups is 1.